The van der Waals surface area contributed by atoms with Gasteiger partial charge < -0.3 is 19.4 Å². The Balaban J connectivity index is 1.56. The predicted octanol–water partition coefficient (Wildman–Crippen LogP) is 4.20. The molecule has 140 valence electrons. The molecule has 2 heterocycles. The first kappa shape index (κ1) is 17.5. The molecule has 27 heavy (non-hydrogen) atoms. The van der Waals surface area contributed by atoms with Crippen LogP contribution < -0.4 is 9.47 Å². The van der Waals surface area contributed by atoms with E-state index >= 15 is 0 Å². The van der Waals surface area contributed by atoms with Crippen LogP contribution in [-0.4, -0.2) is 43.1 Å². The van der Waals surface area contributed by atoms with Crippen LogP contribution in [0.4, 0.5) is 0 Å². The number of nitrogens with one attached hydrogen (secondary N) is 1. The molecular formula is C22H24N2O3. The number of piperidine rings is 1. The molecule has 0 bridgehead atoms. The SMILES string of the molecule is COc1cc(OC)cc(C(=O)N2CCCC(c3cc4ccccc4[nH]3)C2)c1. The van der Waals surface area contributed by atoms with E-state index in [1.807, 2.05) is 17.0 Å². The Kier molecular flexibility index (Phi) is 4.75. The van der Waals surface area contributed by atoms with Crippen LogP contribution in [0.25, 0.3) is 10.9 Å². The summed E-state index contributed by atoms with van der Waals surface area (Å²) in [6.07, 6.45) is 2.07. The second-order valence-corrected chi connectivity index (χ2v) is 7.00. The van der Waals surface area contributed by atoms with Crippen molar-refractivity contribution < 1.29 is 14.3 Å². The van der Waals surface area contributed by atoms with Crippen LogP contribution >= 0.6 is 0 Å². The molecule has 1 saturated heterocycles. The highest BCUT2D eigenvalue weighted by Gasteiger charge is 2.27. The molecule has 1 atom stereocenters. The molecule has 1 amide bonds. The van der Waals surface area contributed by atoms with E-state index in [0.29, 0.717) is 29.5 Å². The second-order valence-electron chi connectivity index (χ2n) is 7.00. The van der Waals surface area contributed by atoms with Crippen LogP contribution in [0.3, 0.4) is 0 Å². The largest absolute Gasteiger partial charge is 0.497 e. The number of para-hydroxylation sites is 1. The average Bonchev–Trinajstić information content (AvgIpc) is 3.17. The molecule has 5 nitrogen and oxygen atoms in total. The Morgan fingerprint density at radius 3 is 2.52 bits per heavy atom. The predicted molar refractivity (Wildman–Crippen MR) is 106 cm³/mol. The maximum atomic E-state index is 13.1. The van der Waals surface area contributed by atoms with Crippen LogP contribution in [0.2, 0.25) is 0 Å². The Morgan fingerprint density at radius 2 is 1.81 bits per heavy atom. The van der Waals surface area contributed by atoms with E-state index in [9.17, 15) is 4.79 Å². The van der Waals surface area contributed by atoms with Gasteiger partial charge in [-0.05, 0) is 42.5 Å². The van der Waals surface area contributed by atoms with Gasteiger partial charge in [-0.2, -0.15) is 0 Å². The van der Waals surface area contributed by atoms with Crippen LogP contribution in [-0.2, 0) is 0 Å². The number of aromatic amines is 1. The number of likely N-dealkylation sites (tertiary alicyclic amines) is 1. The van der Waals surface area contributed by atoms with E-state index in [1.165, 1.54) is 11.1 Å². The Labute approximate surface area is 158 Å². The first-order valence-corrected chi connectivity index (χ1v) is 9.28. The number of fused-ring (bicyclic) bond motifs is 1. The van der Waals surface area contributed by atoms with E-state index in [0.717, 1.165) is 24.9 Å². The number of nitrogens with zero attached hydrogens (tertiary/aromatic N) is 1. The maximum Gasteiger partial charge on any atom is 0.254 e. The number of benzene rings is 2. The molecule has 2 aromatic carbocycles. The van der Waals surface area contributed by atoms with E-state index in [-0.39, 0.29) is 5.91 Å². The van der Waals surface area contributed by atoms with Crippen molar-refractivity contribution >= 4 is 16.8 Å². The summed E-state index contributed by atoms with van der Waals surface area (Å²) in [4.78, 5) is 18.6. The fourth-order valence-corrected chi connectivity index (χ4v) is 3.84. The summed E-state index contributed by atoms with van der Waals surface area (Å²) < 4.78 is 10.6. The molecule has 3 aromatic rings. The van der Waals surface area contributed by atoms with Gasteiger partial charge in [0.25, 0.3) is 5.91 Å². The van der Waals surface area contributed by atoms with Gasteiger partial charge in [0.1, 0.15) is 11.5 Å². The Morgan fingerprint density at radius 1 is 1.07 bits per heavy atom. The van der Waals surface area contributed by atoms with Crippen LogP contribution in [0.1, 0.15) is 34.8 Å². The molecule has 1 N–H and O–H groups in total. The lowest BCUT2D eigenvalue weighted by Crippen LogP contribution is -2.39. The van der Waals surface area contributed by atoms with Gasteiger partial charge in [0.05, 0.1) is 14.2 Å². The van der Waals surface area contributed by atoms with Gasteiger partial charge >= 0.3 is 0 Å². The summed E-state index contributed by atoms with van der Waals surface area (Å²) in [7, 11) is 3.19. The molecule has 1 fully saturated rings. The topological polar surface area (TPSA) is 54.6 Å². The minimum Gasteiger partial charge on any atom is -0.497 e. The molecule has 1 aliphatic rings. The van der Waals surface area contributed by atoms with Gasteiger partial charge in [0.2, 0.25) is 0 Å². The average molecular weight is 364 g/mol. The fraction of sp³-hybridized carbons (Fsp3) is 0.318. The third-order valence-corrected chi connectivity index (χ3v) is 5.30. The Hall–Kier alpha value is -2.95. The molecule has 1 aliphatic heterocycles. The van der Waals surface area contributed by atoms with Crippen molar-refractivity contribution in [3.63, 3.8) is 0 Å². The molecule has 0 aliphatic carbocycles. The van der Waals surface area contributed by atoms with Gasteiger partial charge in [0, 0.05) is 41.8 Å². The first-order valence-electron chi connectivity index (χ1n) is 9.28. The van der Waals surface area contributed by atoms with Crippen molar-refractivity contribution in [3.8, 4) is 11.5 Å². The van der Waals surface area contributed by atoms with E-state index in [2.05, 4.69) is 23.2 Å². The van der Waals surface area contributed by atoms with Gasteiger partial charge in [-0.1, -0.05) is 18.2 Å². The van der Waals surface area contributed by atoms with Gasteiger partial charge in [-0.15, -0.1) is 0 Å². The van der Waals surface area contributed by atoms with Crippen molar-refractivity contribution in [2.45, 2.75) is 18.8 Å². The van der Waals surface area contributed by atoms with Crippen molar-refractivity contribution in [2.75, 3.05) is 27.3 Å². The number of methoxy groups -OCH3 is 2. The summed E-state index contributed by atoms with van der Waals surface area (Å²) >= 11 is 0. The zero-order valence-electron chi connectivity index (χ0n) is 15.7. The lowest BCUT2D eigenvalue weighted by molar-refractivity contribution is 0.0705. The molecule has 0 radical (unpaired) electrons. The zero-order chi connectivity index (χ0) is 18.8. The number of aromatic nitrogens is 1. The van der Waals surface area contributed by atoms with Crippen LogP contribution in [0.15, 0.2) is 48.5 Å². The second kappa shape index (κ2) is 7.35. The molecule has 1 unspecified atom stereocenters. The number of carbonyl (C=O) groups is 1. The molecular weight excluding hydrogens is 340 g/mol. The van der Waals surface area contributed by atoms with Crippen LogP contribution in [0.5, 0.6) is 11.5 Å². The number of hydrogen-bond acceptors (Lipinski definition) is 3. The van der Waals surface area contributed by atoms with Crippen molar-refractivity contribution in [2.24, 2.45) is 0 Å². The molecule has 0 saturated carbocycles. The van der Waals surface area contributed by atoms with Gasteiger partial charge in [-0.25, -0.2) is 0 Å². The summed E-state index contributed by atoms with van der Waals surface area (Å²) in [5.41, 5.74) is 2.95. The van der Waals surface area contributed by atoms with Crippen LogP contribution in [0, 0.1) is 0 Å². The number of hydrogen-bond donors (Lipinski definition) is 1. The Bertz CT molecular complexity index is 908. The summed E-state index contributed by atoms with van der Waals surface area (Å²) in [5, 5.41) is 1.22. The molecule has 1 aromatic heterocycles. The monoisotopic (exact) mass is 364 g/mol. The molecule has 0 spiro atoms. The third-order valence-electron chi connectivity index (χ3n) is 5.30. The third kappa shape index (κ3) is 3.50. The van der Waals surface area contributed by atoms with Gasteiger partial charge in [-0.3, -0.25) is 4.79 Å². The smallest absolute Gasteiger partial charge is 0.254 e. The maximum absolute atomic E-state index is 13.1. The van der Waals surface area contributed by atoms with Crippen molar-refractivity contribution in [1.82, 2.24) is 9.88 Å². The number of carbonyl (C=O) groups excluding carboxylic acids is 1. The lowest BCUT2D eigenvalue weighted by Gasteiger charge is -2.32. The minimum atomic E-state index is 0.0213. The quantitative estimate of drug-likeness (QED) is 0.755. The summed E-state index contributed by atoms with van der Waals surface area (Å²) in [6.45, 7) is 1.49. The highest BCUT2D eigenvalue weighted by molar-refractivity contribution is 5.95. The molecule has 5 heteroatoms. The minimum absolute atomic E-state index is 0.0213. The number of amides is 1. The van der Waals surface area contributed by atoms with E-state index < -0.39 is 0 Å². The standard InChI is InChI=1S/C22H24N2O3/c1-26-18-10-17(11-19(13-18)27-2)22(25)24-9-5-7-16(14-24)21-12-15-6-3-4-8-20(15)23-21/h3-4,6,8,10-13,16,23H,5,7,9,14H2,1-2H3. The number of H-pyrrole nitrogens is 1. The molecule has 4 rings (SSSR count). The number of ether oxygens (including phenoxy) is 2. The van der Waals surface area contributed by atoms with E-state index in [1.54, 1.807) is 32.4 Å². The lowest BCUT2D eigenvalue weighted by atomic mass is 9.94. The normalized spacial score (nSPS) is 17.1. The summed E-state index contributed by atoms with van der Waals surface area (Å²) in [6, 6.07) is 15.8. The highest BCUT2D eigenvalue weighted by atomic mass is 16.5. The first-order chi connectivity index (χ1) is 13.2. The number of rotatable bonds is 4. The zero-order valence-corrected chi connectivity index (χ0v) is 15.7. The van der Waals surface area contributed by atoms with Gasteiger partial charge in [0.15, 0.2) is 0 Å². The van der Waals surface area contributed by atoms with Crippen molar-refractivity contribution in [1.29, 1.82) is 0 Å². The van der Waals surface area contributed by atoms with E-state index in [4.69, 9.17) is 9.47 Å². The van der Waals surface area contributed by atoms with Crippen molar-refractivity contribution in [3.05, 3.63) is 59.8 Å². The highest BCUT2D eigenvalue weighted by Crippen LogP contribution is 2.30. The summed E-state index contributed by atoms with van der Waals surface area (Å²) in [5.74, 6) is 1.60. The fourth-order valence-electron chi connectivity index (χ4n) is 3.84.